The lowest BCUT2D eigenvalue weighted by Gasteiger charge is -2.25. The van der Waals surface area contributed by atoms with Crippen molar-refractivity contribution in [3.8, 4) is 22.6 Å². The maximum atomic E-state index is 14.2. The lowest BCUT2D eigenvalue weighted by atomic mass is 9.96. The zero-order chi connectivity index (χ0) is 58.8. The van der Waals surface area contributed by atoms with Gasteiger partial charge in [0.25, 0.3) is 20.0 Å². The van der Waals surface area contributed by atoms with Crippen molar-refractivity contribution >= 4 is 99.9 Å². The first-order chi connectivity index (χ1) is 41.7. The third kappa shape index (κ3) is 9.71. The molecule has 0 spiro atoms. The molecule has 6 heterocycles. The van der Waals surface area contributed by atoms with Crippen LogP contribution in [0.5, 0.6) is 11.5 Å². The average Bonchev–Trinajstić information content (AvgIpc) is 2.20. The van der Waals surface area contributed by atoms with E-state index in [-0.39, 0.29) is 45.0 Å². The van der Waals surface area contributed by atoms with Crippen molar-refractivity contribution in [1.29, 1.82) is 0 Å². The summed E-state index contributed by atoms with van der Waals surface area (Å²) in [4.78, 5) is 8.45. The molecule has 0 saturated heterocycles. The van der Waals surface area contributed by atoms with Gasteiger partial charge in [0.2, 0.25) is 0 Å². The van der Waals surface area contributed by atoms with E-state index >= 15 is 0 Å². The predicted octanol–water partition coefficient (Wildman–Crippen LogP) is 10.5. The van der Waals surface area contributed by atoms with Gasteiger partial charge in [-0.3, -0.25) is 18.8 Å². The zero-order valence-corrected chi connectivity index (χ0v) is 47.8. The van der Waals surface area contributed by atoms with E-state index in [0.29, 0.717) is 16.8 Å². The molecule has 2 atom stereocenters. The lowest BCUT2D eigenvalue weighted by Crippen LogP contribution is -2.35. The predicted molar refractivity (Wildman–Crippen MR) is 339 cm³/mol. The summed E-state index contributed by atoms with van der Waals surface area (Å²) < 4.78 is 64.5. The minimum atomic E-state index is -4.13. The van der Waals surface area contributed by atoms with Crippen molar-refractivity contribution in [1.82, 2.24) is 19.3 Å². The standard InChI is InChI=1S/C68H52N10O6S2/c1-75-63(41-65-56(58-38-50(79)27-32-61(58)77(65)75)36-43-16-25-49(26-17-43)71-72-60-13-9-11-44-10-3-4-12-54(44)60)46-20-18-45(19-21-46)55-40-53(86(83,84)74-68-15-6-8-35-70-68)31-24-48(55)37-57-59-39-51(80)28-33-62(59)78-66(57)42-64(76(78)2)47-22-29-52(30-23-47)85(81,82)73-67-14-5-7-34-69-67/h3-42,63-64,79-80H,1-2H3,(H,69,73)(H,70,74). The number of phenols is 2. The molecule has 4 N–H and O–H groups in total. The van der Waals surface area contributed by atoms with E-state index in [1.54, 1.807) is 103 Å². The van der Waals surface area contributed by atoms with E-state index in [0.717, 1.165) is 81.7 Å². The Morgan fingerprint density at radius 2 is 1.03 bits per heavy atom. The third-order valence-corrected chi connectivity index (χ3v) is 18.6. The van der Waals surface area contributed by atoms with Gasteiger partial charge in [-0.2, -0.15) is 5.11 Å². The molecule has 2 aliphatic rings. The van der Waals surface area contributed by atoms with Crippen LogP contribution in [0.4, 0.5) is 23.0 Å². The van der Waals surface area contributed by atoms with Gasteiger partial charge in [-0.1, -0.05) is 103 Å². The number of nitrogens with zero attached hydrogens (tertiary/aromatic N) is 8. The SMILES string of the molecule is CN1C(c2ccc(-c3cc(S(=O)(=O)Nc4ccccn4)ccc3C=c3c4n(c5ccc(O)cc35)N(C)C(c3ccc(S(=O)(=O)Nc5ccccn5)cc3)C=4)cc2)C=c2c(=Cc3ccc(N=Nc4cccc5ccccc45)cc3)c3cc(O)ccc3n21. The molecule has 4 aromatic heterocycles. The second-order valence-electron chi connectivity index (χ2n) is 21.2. The number of rotatable bonds is 13. The Morgan fingerprint density at radius 3 is 1.63 bits per heavy atom. The van der Waals surface area contributed by atoms with Crippen molar-refractivity contribution in [3.63, 3.8) is 0 Å². The van der Waals surface area contributed by atoms with Gasteiger partial charge in [0.1, 0.15) is 23.1 Å². The Bertz CT molecular complexity index is 5210. The van der Waals surface area contributed by atoms with Crippen molar-refractivity contribution in [2.75, 3.05) is 33.6 Å². The molecule has 0 aliphatic carbocycles. The van der Waals surface area contributed by atoms with Gasteiger partial charge in [-0.25, -0.2) is 26.8 Å². The zero-order valence-electron chi connectivity index (χ0n) is 46.2. The first-order valence-corrected chi connectivity index (χ1v) is 30.5. The quantitative estimate of drug-likeness (QED) is 0.0806. The highest BCUT2D eigenvalue weighted by molar-refractivity contribution is 7.93. The number of sulfonamides is 2. The fourth-order valence-corrected chi connectivity index (χ4v) is 13.7. The number of phenolic OH excluding ortho intramolecular Hbond substituents is 2. The van der Waals surface area contributed by atoms with E-state index in [1.807, 2.05) is 99.0 Å². The molecule has 14 rings (SSSR count). The van der Waals surface area contributed by atoms with Gasteiger partial charge in [-0.05, 0) is 166 Å². The number of aromatic nitrogens is 4. The second-order valence-corrected chi connectivity index (χ2v) is 24.5. The third-order valence-electron chi connectivity index (χ3n) is 15.9. The molecule has 16 nitrogen and oxygen atoms in total. The van der Waals surface area contributed by atoms with Crippen LogP contribution in [0, 0.1) is 0 Å². The summed E-state index contributed by atoms with van der Waals surface area (Å²) in [5.74, 6) is 0.628. The van der Waals surface area contributed by atoms with Gasteiger partial charge in [0.05, 0.1) is 55.0 Å². The number of azo groups is 1. The van der Waals surface area contributed by atoms with Crippen molar-refractivity contribution in [2.45, 2.75) is 21.9 Å². The summed E-state index contributed by atoms with van der Waals surface area (Å²) >= 11 is 0. The van der Waals surface area contributed by atoms with E-state index < -0.39 is 20.0 Å². The molecular weight excluding hydrogens is 1120 g/mol. The highest BCUT2D eigenvalue weighted by atomic mass is 32.2. The molecule has 0 bridgehead atoms. The summed E-state index contributed by atoms with van der Waals surface area (Å²) in [5.41, 5.74) is 8.09. The normalized spacial score (nSPS) is 15.4. The minimum absolute atomic E-state index is 0.0286. The van der Waals surface area contributed by atoms with E-state index in [1.165, 1.54) is 12.4 Å². The number of pyridine rings is 2. The minimum Gasteiger partial charge on any atom is -0.508 e. The highest BCUT2D eigenvalue weighted by Gasteiger charge is 2.29. The summed E-state index contributed by atoms with van der Waals surface area (Å²) in [6.07, 6.45) is 11.5. The number of anilines is 2. The molecule has 2 aliphatic heterocycles. The van der Waals surface area contributed by atoms with Crippen LogP contribution in [0.3, 0.4) is 0 Å². The molecule has 0 amide bonds. The van der Waals surface area contributed by atoms with Crippen LogP contribution in [0.15, 0.2) is 239 Å². The monoisotopic (exact) mass is 1170 g/mol. The summed E-state index contributed by atoms with van der Waals surface area (Å²) in [6.45, 7) is 0. The summed E-state index contributed by atoms with van der Waals surface area (Å²) in [7, 11) is -4.07. The Morgan fingerprint density at radius 1 is 0.500 bits per heavy atom. The maximum absolute atomic E-state index is 14.2. The molecule has 18 heteroatoms. The van der Waals surface area contributed by atoms with Gasteiger partial charge in [-0.15, -0.1) is 5.11 Å². The van der Waals surface area contributed by atoms with Gasteiger partial charge >= 0.3 is 0 Å². The molecule has 0 saturated carbocycles. The molecule has 8 aromatic carbocycles. The van der Waals surface area contributed by atoms with Crippen molar-refractivity contribution in [3.05, 3.63) is 262 Å². The van der Waals surface area contributed by atoms with Crippen LogP contribution in [0.25, 0.3) is 68.0 Å². The van der Waals surface area contributed by atoms with Gasteiger partial charge in [0, 0.05) is 53.1 Å². The van der Waals surface area contributed by atoms with Gasteiger partial charge in [0.15, 0.2) is 0 Å². The number of nitrogens with one attached hydrogen (secondary N) is 2. The molecule has 2 unspecified atom stereocenters. The first kappa shape index (κ1) is 53.2. The van der Waals surface area contributed by atoms with Crippen LogP contribution in [-0.2, 0) is 20.0 Å². The fourth-order valence-electron chi connectivity index (χ4n) is 11.7. The number of hydrogen-bond donors (Lipinski definition) is 4. The average molecular weight is 1170 g/mol. The molecule has 0 fully saturated rings. The van der Waals surface area contributed by atoms with E-state index in [2.05, 4.69) is 91.5 Å². The Hall–Kier alpha value is -10.8. The maximum Gasteiger partial charge on any atom is 0.263 e. The molecule has 86 heavy (non-hydrogen) atoms. The Kier molecular flexibility index (Phi) is 13.1. The van der Waals surface area contributed by atoms with Crippen LogP contribution >= 0.6 is 0 Å². The van der Waals surface area contributed by atoms with Crippen molar-refractivity contribution < 1.29 is 27.0 Å². The summed E-state index contributed by atoms with van der Waals surface area (Å²) in [5, 5.41) is 42.4. The largest absolute Gasteiger partial charge is 0.508 e. The number of fused-ring (bicyclic) bond motifs is 7. The van der Waals surface area contributed by atoms with E-state index in [4.69, 9.17) is 0 Å². The second kappa shape index (κ2) is 21.1. The highest BCUT2D eigenvalue weighted by Crippen LogP contribution is 2.35. The lowest BCUT2D eigenvalue weighted by molar-refractivity contribution is 0.475. The molecular formula is C68H52N10O6S2. The topological polar surface area (TPSA) is 200 Å². The smallest absolute Gasteiger partial charge is 0.263 e. The molecule has 12 aromatic rings. The van der Waals surface area contributed by atoms with Gasteiger partial charge < -0.3 is 20.2 Å². The first-order valence-electron chi connectivity index (χ1n) is 27.5. The number of benzene rings is 8. The Labute approximate surface area is 493 Å². The van der Waals surface area contributed by atoms with Crippen LogP contribution in [0.2, 0.25) is 0 Å². The van der Waals surface area contributed by atoms with Crippen molar-refractivity contribution in [2.24, 2.45) is 10.2 Å². The van der Waals surface area contributed by atoms with Crippen LogP contribution in [-0.4, -0.2) is 60.5 Å². The molecule has 422 valence electrons. The number of aromatic hydroxyl groups is 2. The fraction of sp³-hybridized carbons (Fsp3) is 0.0588. The number of hydrogen-bond acceptors (Lipinski definition) is 12. The summed E-state index contributed by atoms with van der Waals surface area (Å²) in [6, 6.07) is 62.0. The van der Waals surface area contributed by atoms with E-state index in [9.17, 15) is 27.0 Å². The van der Waals surface area contributed by atoms with Crippen LogP contribution < -0.4 is 40.6 Å². The van der Waals surface area contributed by atoms with Crippen LogP contribution in [0.1, 0.15) is 34.3 Å². The molecule has 0 radical (unpaired) electrons. The Balaban J connectivity index is 0.835.